The van der Waals surface area contributed by atoms with Gasteiger partial charge >= 0.3 is 5.97 Å². The molecule has 5 heteroatoms. The van der Waals surface area contributed by atoms with E-state index in [1.807, 2.05) is 30.3 Å². The predicted octanol–water partition coefficient (Wildman–Crippen LogP) is 2.45. The largest absolute Gasteiger partial charge is 0.480 e. The third-order valence-corrected chi connectivity index (χ3v) is 3.74. The second kappa shape index (κ2) is 5.18. The third kappa shape index (κ3) is 2.51. The van der Waals surface area contributed by atoms with Crippen LogP contribution in [0.25, 0.3) is 10.1 Å². The van der Waals surface area contributed by atoms with Gasteiger partial charge in [-0.05, 0) is 24.4 Å². The molecule has 0 saturated heterocycles. The molecule has 2 rings (SSSR count). The minimum absolute atomic E-state index is 0.221. The van der Waals surface area contributed by atoms with Crippen molar-refractivity contribution in [1.29, 1.82) is 0 Å². The van der Waals surface area contributed by atoms with Gasteiger partial charge in [-0.3, -0.25) is 9.59 Å². The number of hydrogen-bond donors (Lipinski definition) is 1. The number of carboxylic acids is 1. The first-order valence-electron chi connectivity index (χ1n) is 5.61. The number of thiophene rings is 1. The molecule has 2 aromatic rings. The number of benzene rings is 1. The lowest BCUT2D eigenvalue weighted by Crippen LogP contribution is -2.34. The van der Waals surface area contributed by atoms with Crippen LogP contribution in [0, 0.1) is 0 Å². The Balaban J connectivity index is 2.29. The van der Waals surface area contributed by atoms with Gasteiger partial charge in [-0.1, -0.05) is 18.2 Å². The number of hydrogen-bond acceptors (Lipinski definition) is 3. The number of rotatable bonds is 4. The van der Waals surface area contributed by atoms with Gasteiger partial charge in [0.15, 0.2) is 0 Å². The standard InChI is InChI=1S/C13H13NO3S/c1-2-14(8-12(15)16)13(17)11-7-9-5-3-4-6-10(9)18-11/h3-7H,2,8H2,1H3,(H,15,16). The Morgan fingerprint density at radius 1 is 1.33 bits per heavy atom. The lowest BCUT2D eigenvalue weighted by molar-refractivity contribution is -0.137. The zero-order chi connectivity index (χ0) is 13.1. The molecule has 1 N–H and O–H groups in total. The average Bonchev–Trinajstić information content (AvgIpc) is 2.78. The highest BCUT2D eigenvalue weighted by molar-refractivity contribution is 7.20. The molecule has 0 unspecified atom stereocenters. The molecule has 0 aliphatic carbocycles. The van der Waals surface area contributed by atoms with Gasteiger partial charge in [-0.2, -0.15) is 0 Å². The average molecular weight is 263 g/mol. The van der Waals surface area contributed by atoms with Crippen LogP contribution in [0.5, 0.6) is 0 Å². The molecule has 1 amide bonds. The number of carbonyl (C=O) groups is 2. The van der Waals surface area contributed by atoms with Gasteiger partial charge in [-0.15, -0.1) is 11.3 Å². The van der Waals surface area contributed by atoms with Gasteiger partial charge in [0.1, 0.15) is 6.54 Å². The molecule has 0 aliphatic heterocycles. The molecule has 0 spiro atoms. The number of likely N-dealkylation sites (N-methyl/N-ethyl adjacent to an activating group) is 1. The molecule has 18 heavy (non-hydrogen) atoms. The molecule has 0 aliphatic rings. The normalized spacial score (nSPS) is 10.5. The molecule has 4 nitrogen and oxygen atoms in total. The van der Waals surface area contributed by atoms with Crippen molar-refractivity contribution >= 4 is 33.3 Å². The van der Waals surface area contributed by atoms with Gasteiger partial charge in [0.05, 0.1) is 4.88 Å². The molecule has 0 radical (unpaired) electrons. The molecule has 1 heterocycles. The Bertz CT molecular complexity index is 558. The van der Waals surface area contributed by atoms with E-state index in [0.717, 1.165) is 10.1 Å². The first-order valence-corrected chi connectivity index (χ1v) is 6.43. The minimum atomic E-state index is -0.994. The molecular formula is C13H13NO3S. The number of carbonyl (C=O) groups excluding carboxylic acids is 1. The molecule has 0 fully saturated rings. The summed E-state index contributed by atoms with van der Waals surface area (Å²) in [5.41, 5.74) is 0. The van der Waals surface area contributed by atoms with Crippen molar-refractivity contribution in [2.75, 3.05) is 13.1 Å². The predicted molar refractivity (Wildman–Crippen MR) is 71.0 cm³/mol. The Kier molecular flexibility index (Phi) is 3.62. The molecule has 0 bridgehead atoms. The molecule has 0 atom stereocenters. The Labute approximate surface area is 108 Å². The summed E-state index contributed by atoms with van der Waals surface area (Å²) in [4.78, 5) is 24.7. The number of carboxylic acid groups (broad SMARTS) is 1. The maximum Gasteiger partial charge on any atom is 0.323 e. The fourth-order valence-corrected chi connectivity index (χ4v) is 2.76. The highest BCUT2D eigenvalue weighted by atomic mass is 32.1. The maximum atomic E-state index is 12.2. The third-order valence-electron chi connectivity index (χ3n) is 2.63. The van der Waals surface area contributed by atoms with Crippen LogP contribution in [-0.4, -0.2) is 35.0 Å². The molecule has 0 saturated carbocycles. The van der Waals surface area contributed by atoms with E-state index < -0.39 is 5.97 Å². The van der Waals surface area contributed by atoms with Gasteiger partial charge in [0.2, 0.25) is 0 Å². The van der Waals surface area contributed by atoms with E-state index in [-0.39, 0.29) is 12.5 Å². The van der Waals surface area contributed by atoms with E-state index in [1.165, 1.54) is 16.2 Å². The van der Waals surface area contributed by atoms with E-state index in [2.05, 4.69) is 0 Å². The molecule has 1 aromatic carbocycles. The second-order valence-electron chi connectivity index (χ2n) is 3.86. The zero-order valence-electron chi connectivity index (χ0n) is 9.92. The summed E-state index contributed by atoms with van der Waals surface area (Å²) >= 11 is 1.39. The smallest absolute Gasteiger partial charge is 0.323 e. The minimum Gasteiger partial charge on any atom is -0.480 e. The van der Waals surface area contributed by atoms with Gasteiger partial charge in [0.25, 0.3) is 5.91 Å². The molecular weight excluding hydrogens is 250 g/mol. The van der Waals surface area contributed by atoms with E-state index in [1.54, 1.807) is 6.92 Å². The Morgan fingerprint density at radius 2 is 2.06 bits per heavy atom. The molecule has 94 valence electrons. The van der Waals surface area contributed by atoms with Crippen LogP contribution in [0.4, 0.5) is 0 Å². The summed E-state index contributed by atoms with van der Waals surface area (Å²) in [7, 11) is 0. The van der Waals surface area contributed by atoms with Gasteiger partial charge in [-0.25, -0.2) is 0 Å². The van der Waals surface area contributed by atoms with Crippen LogP contribution in [0.2, 0.25) is 0 Å². The summed E-state index contributed by atoms with van der Waals surface area (Å²) < 4.78 is 1.03. The highest BCUT2D eigenvalue weighted by Gasteiger charge is 2.18. The van der Waals surface area contributed by atoms with Crippen molar-refractivity contribution in [2.45, 2.75) is 6.92 Å². The number of nitrogens with zero attached hydrogens (tertiary/aromatic N) is 1. The summed E-state index contributed by atoms with van der Waals surface area (Å²) in [6.45, 7) is 1.90. The van der Waals surface area contributed by atoms with Crippen LogP contribution in [0.1, 0.15) is 16.6 Å². The number of amides is 1. The van der Waals surface area contributed by atoms with Crippen LogP contribution in [0.15, 0.2) is 30.3 Å². The summed E-state index contributed by atoms with van der Waals surface area (Å²) in [5.74, 6) is -1.22. The monoisotopic (exact) mass is 263 g/mol. The van der Waals surface area contributed by atoms with Crippen molar-refractivity contribution in [2.24, 2.45) is 0 Å². The Hall–Kier alpha value is -1.88. The zero-order valence-corrected chi connectivity index (χ0v) is 10.7. The summed E-state index contributed by atoms with van der Waals surface area (Å²) in [5, 5.41) is 9.77. The SMILES string of the molecule is CCN(CC(=O)O)C(=O)c1cc2ccccc2s1. The van der Waals surface area contributed by atoms with Crippen molar-refractivity contribution in [1.82, 2.24) is 4.90 Å². The number of aliphatic carboxylic acids is 1. The number of fused-ring (bicyclic) bond motifs is 1. The van der Waals surface area contributed by atoms with E-state index in [9.17, 15) is 9.59 Å². The lowest BCUT2D eigenvalue weighted by atomic mass is 10.2. The van der Waals surface area contributed by atoms with E-state index >= 15 is 0 Å². The van der Waals surface area contributed by atoms with Crippen LogP contribution < -0.4 is 0 Å². The molecule has 1 aromatic heterocycles. The topological polar surface area (TPSA) is 57.6 Å². The van der Waals surface area contributed by atoms with Crippen LogP contribution in [0.3, 0.4) is 0 Å². The highest BCUT2D eigenvalue weighted by Crippen LogP contribution is 2.26. The van der Waals surface area contributed by atoms with Crippen molar-refractivity contribution in [3.63, 3.8) is 0 Å². The van der Waals surface area contributed by atoms with E-state index in [4.69, 9.17) is 5.11 Å². The first kappa shape index (κ1) is 12.6. The van der Waals surface area contributed by atoms with Crippen LogP contribution >= 0.6 is 11.3 Å². The fourth-order valence-electron chi connectivity index (χ4n) is 1.73. The second-order valence-corrected chi connectivity index (χ2v) is 4.95. The van der Waals surface area contributed by atoms with Crippen LogP contribution in [-0.2, 0) is 4.79 Å². The van der Waals surface area contributed by atoms with Crippen molar-refractivity contribution < 1.29 is 14.7 Å². The Morgan fingerprint density at radius 3 is 2.67 bits per heavy atom. The van der Waals surface area contributed by atoms with Gasteiger partial charge in [0, 0.05) is 11.2 Å². The summed E-state index contributed by atoms with van der Waals surface area (Å²) in [6.07, 6.45) is 0. The van der Waals surface area contributed by atoms with E-state index in [0.29, 0.717) is 11.4 Å². The fraction of sp³-hybridized carbons (Fsp3) is 0.231. The van der Waals surface area contributed by atoms with Crippen molar-refractivity contribution in [3.05, 3.63) is 35.2 Å². The van der Waals surface area contributed by atoms with Gasteiger partial charge < -0.3 is 10.0 Å². The summed E-state index contributed by atoms with van der Waals surface area (Å²) in [6, 6.07) is 9.53. The first-order chi connectivity index (χ1) is 8.61. The maximum absolute atomic E-state index is 12.2. The lowest BCUT2D eigenvalue weighted by Gasteiger charge is -2.17. The quantitative estimate of drug-likeness (QED) is 0.921. The van der Waals surface area contributed by atoms with Crippen molar-refractivity contribution in [3.8, 4) is 0 Å².